The van der Waals surface area contributed by atoms with Gasteiger partial charge in [-0.25, -0.2) is 0 Å². The molecule has 0 spiro atoms. The normalized spacial score (nSPS) is 13.9. The Balaban J connectivity index is 4.71. The molecule has 4 N–H and O–H groups in total. The Morgan fingerprint density at radius 2 is 2.07 bits per heavy atom. The summed E-state index contributed by atoms with van der Waals surface area (Å²) in [6.45, 7) is 5.02. The van der Waals surface area contributed by atoms with Crippen molar-refractivity contribution in [1.82, 2.24) is 4.90 Å². The van der Waals surface area contributed by atoms with Crippen LogP contribution in [0.25, 0.3) is 0 Å². The molecule has 0 bridgehead atoms. The van der Waals surface area contributed by atoms with Crippen LogP contribution in [0.5, 0.6) is 0 Å². The van der Waals surface area contributed by atoms with Crippen molar-refractivity contribution in [2.75, 3.05) is 19.7 Å². The van der Waals surface area contributed by atoms with Crippen molar-refractivity contribution in [3.8, 4) is 0 Å². The van der Waals surface area contributed by atoms with Gasteiger partial charge in [-0.05, 0) is 20.8 Å². The first-order chi connectivity index (χ1) is 6.37. The van der Waals surface area contributed by atoms with Gasteiger partial charge in [0.1, 0.15) is 0 Å². The lowest BCUT2D eigenvalue weighted by Crippen LogP contribution is -2.56. The second kappa shape index (κ2) is 5.29. The van der Waals surface area contributed by atoms with Gasteiger partial charge >= 0.3 is 0 Å². The lowest BCUT2D eigenvalue weighted by atomic mass is 9.96. The van der Waals surface area contributed by atoms with Crippen LogP contribution in [-0.2, 0) is 4.79 Å². The van der Waals surface area contributed by atoms with Gasteiger partial charge in [0.15, 0.2) is 0 Å². The van der Waals surface area contributed by atoms with Crippen molar-refractivity contribution in [2.24, 2.45) is 5.73 Å². The first kappa shape index (κ1) is 13.4. The van der Waals surface area contributed by atoms with E-state index >= 15 is 0 Å². The van der Waals surface area contributed by atoms with Crippen LogP contribution in [0.2, 0.25) is 0 Å². The van der Waals surface area contributed by atoms with Crippen molar-refractivity contribution >= 4 is 5.91 Å². The molecule has 0 aromatic heterocycles. The first-order valence-electron chi connectivity index (χ1n) is 4.67. The average Bonchev–Trinajstić information content (AvgIpc) is 2.12. The molecule has 1 amide bonds. The summed E-state index contributed by atoms with van der Waals surface area (Å²) in [6, 6.07) is 0. The number of hydrogen-bond acceptors (Lipinski definition) is 4. The Morgan fingerprint density at radius 3 is 2.36 bits per heavy atom. The second-order valence-corrected chi connectivity index (χ2v) is 3.80. The minimum Gasteiger partial charge on any atom is -0.395 e. The van der Waals surface area contributed by atoms with E-state index in [9.17, 15) is 9.90 Å². The van der Waals surface area contributed by atoms with Gasteiger partial charge < -0.3 is 20.8 Å². The zero-order chi connectivity index (χ0) is 11.4. The number of aliphatic hydroxyl groups excluding tert-OH is 2. The number of hydrogen-bond donors (Lipinski definition) is 3. The largest absolute Gasteiger partial charge is 0.395 e. The molecule has 0 aliphatic carbocycles. The van der Waals surface area contributed by atoms with E-state index in [1.165, 1.54) is 4.90 Å². The number of rotatable bonds is 5. The molecule has 0 saturated heterocycles. The molecule has 0 aliphatic heterocycles. The molecule has 0 aliphatic rings. The van der Waals surface area contributed by atoms with E-state index in [4.69, 9.17) is 10.8 Å². The highest BCUT2D eigenvalue weighted by Crippen LogP contribution is 2.18. The smallest absolute Gasteiger partial charge is 0.236 e. The van der Waals surface area contributed by atoms with Crippen molar-refractivity contribution in [3.05, 3.63) is 0 Å². The molecule has 1 atom stereocenters. The van der Waals surface area contributed by atoms with Gasteiger partial charge in [-0.3, -0.25) is 4.79 Å². The summed E-state index contributed by atoms with van der Waals surface area (Å²) in [5.41, 5.74) is 4.54. The van der Waals surface area contributed by atoms with Crippen LogP contribution in [0.15, 0.2) is 0 Å². The molecule has 0 heterocycles. The summed E-state index contributed by atoms with van der Waals surface area (Å²) < 4.78 is 0. The minimum absolute atomic E-state index is 0.115. The van der Waals surface area contributed by atoms with Crippen LogP contribution < -0.4 is 5.73 Å². The Labute approximate surface area is 84.5 Å². The number of nitrogens with zero attached hydrogens (tertiary/aromatic N) is 1. The summed E-state index contributed by atoms with van der Waals surface area (Å²) in [4.78, 5) is 12.8. The maximum absolute atomic E-state index is 11.4. The molecule has 0 rings (SSSR count). The third-order valence-electron chi connectivity index (χ3n) is 2.52. The molecule has 0 radical (unpaired) electrons. The first-order valence-corrected chi connectivity index (χ1v) is 4.67. The summed E-state index contributed by atoms with van der Waals surface area (Å²) >= 11 is 0. The van der Waals surface area contributed by atoms with E-state index in [-0.39, 0.29) is 25.6 Å². The fourth-order valence-corrected chi connectivity index (χ4v) is 1.17. The van der Waals surface area contributed by atoms with Gasteiger partial charge in [-0.2, -0.15) is 0 Å². The van der Waals surface area contributed by atoms with E-state index in [1.54, 1.807) is 20.8 Å². The van der Waals surface area contributed by atoms with E-state index < -0.39 is 11.6 Å². The van der Waals surface area contributed by atoms with Gasteiger partial charge in [0, 0.05) is 6.54 Å². The molecule has 0 saturated carbocycles. The number of aliphatic hydroxyl groups is 2. The quantitative estimate of drug-likeness (QED) is 0.532. The highest BCUT2D eigenvalue weighted by atomic mass is 16.3. The highest BCUT2D eigenvalue weighted by molar-refractivity contribution is 5.78. The fourth-order valence-electron chi connectivity index (χ4n) is 1.17. The van der Waals surface area contributed by atoms with E-state index in [1.807, 2.05) is 0 Å². The average molecular weight is 204 g/mol. The molecule has 1 unspecified atom stereocenters. The van der Waals surface area contributed by atoms with Crippen molar-refractivity contribution in [2.45, 2.75) is 32.4 Å². The molecule has 0 fully saturated rings. The number of β-amino-alcohol motifs (C(OH)–C–C–N with tert-alkyl or cyclic N) is 1. The number of nitrogens with two attached hydrogens (primary N) is 1. The van der Waals surface area contributed by atoms with Gasteiger partial charge in [-0.1, -0.05) is 0 Å². The number of carbonyl (C=O) groups is 1. The maximum Gasteiger partial charge on any atom is 0.236 e. The summed E-state index contributed by atoms with van der Waals surface area (Å²) in [6.07, 6.45) is -0.676. The molecule has 5 nitrogen and oxygen atoms in total. The lowest BCUT2D eigenvalue weighted by Gasteiger charge is -2.40. The molecule has 5 heteroatoms. The monoisotopic (exact) mass is 204 g/mol. The lowest BCUT2D eigenvalue weighted by molar-refractivity contribution is -0.140. The van der Waals surface area contributed by atoms with Gasteiger partial charge in [-0.15, -0.1) is 0 Å². The SMILES string of the molecule is CC(O)C(C)(C)N(CCO)C(=O)CN. The van der Waals surface area contributed by atoms with Crippen LogP contribution in [-0.4, -0.2) is 52.4 Å². The summed E-state index contributed by atoms with van der Waals surface area (Å²) in [7, 11) is 0. The Morgan fingerprint density at radius 1 is 1.57 bits per heavy atom. The van der Waals surface area contributed by atoms with Gasteiger partial charge in [0.05, 0.1) is 24.8 Å². The minimum atomic E-state index is -0.709. The second-order valence-electron chi connectivity index (χ2n) is 3.80. The van der Waals surface area contributed by atoms with Gasteiger partial charge in [0.25, 0.3) is 0 Å². The van der Waals surface area contributed by atoms with Crippen molar-refractivity contribution in [1.29, 1.82) is 0 Å². The van der Waals surface area contributed by atoms with E-state index in [2.05, 4.69) is 0 Å². The maximum atomic E-state index is 11.4. The predicted octanol–water partition coefficient (Wildman–Crippen LogP) is -1.07. The van der Waals surface area contributed by atoms with E-state index in [0.29, 0.717) is 0 Å². The molecule has 0 aromatic rings. The Kier molecular flexibility index (Phi) is 5.04. The van der Waals surface area contributed by atoms with Crippen LogP contribution in [0.3, 0.4) is 0 Å². The summed E-state index contributed by atoms with van der Waals surface area (Å²) in [5.74, 6) is -0.273. The fraction of sp³-hybridized carbons (Fsp3) is 0.889. The Bertz CT molecular complexity index is 192. The third-order valence-corrected chi connectivity index (χ3v) is 2.52. The summed E-state index contributed by atoms with van der Waals surface area (Å²) in [5, 5.41) is 18.3. The topological polar surface area (TPSA) is 86.8 Å². The molecule has 14 heavy (non-hydrogen) atoms. The zero-order valence-corrected chi connectivity index (χ0v) is 9.03. The molecular formula is C9H20N2O3. The van der Waals surface area contributed by atoms with Crippen molar-refractivity contribution in [3.63, 3.8) is 0 Å². The molecular weight excluding hydrogens is 184 g/mol. The van der Waals surface area contributed by atoms with Crippen LogP contribution >= 0.6 is 0 Å². The van der Waals surface area contributed by atoms with Crippen LogP contribution in [0.1, 0.15) is 20.8 Å². The number of amides is 1. The zero-order valence-electron chi connectivity index (χ0n) is 9.03. The van der Waals surface area contributed by atoms with Crippen molar-refractivity contribution < 1.29 is 15.0 Å². The third kappa shape index (κ3) is 2.94. The number of carbonyl (C=O) groups excluding carboxylic acids is 1. The van der Waals surface area contributed by atoms with Crippen LogP contribution in [0.4, 0.5) is 0 Å². The molecule has 84 valence electrons. The predicted molar refractivity (Wildman–Crippen MR) is 53.6 cm³/mol. The highest BCUT2D eigenvalue weighted by Gasteiger charge is 2.33. The van der Waals surface area contributed by atoms with Gasteiger partial charge in [0.2, 0.25) is 5.91 Å². The molecule has 0 aromatic carbocycles. The standard InChI is InChI=1S/C9H20N2O3/c1-7(13)9(2,3)11(4-5-12)8(14)6-10/h7,12-13H,4-6,10H2,1-3H3. The Hall–Kier alpha value is -0.650. The van der Waals surface area contributed by atoms with E-state index in [0.717, 1.165) is 0 Å². The van der Waals surface area contributed by atoms with Crippen LogP contribution in [0, 0.1) is 0 Å².